The van der Waals surface area contributed by atoms with E-state index in [2.05, 4.69) is 10.3 Å². The maximum atomic E-state index is 12.4. The standard InChI is InChI=1S/C13H21N3OS/c1-9-7-15-11(18-9)10(2)16-12(17)13(8-14)5-3-4-6-13/h7,10H,3-6,8,14H2,1-2H3,(H,16,17). The summed E-state index contributed by atoms with van der Waals surface area (Å²) in [6.07, 6.45) is 5.89. The smallest absolute Gasteiger partial charge is 0.228 e. The number of aryl methyl sites for hydroxylation is 1. The first-order valence-electron chi connectivity index (χ1n) is 6.51. The van der Waals surface area contributed by atoms with Gasteiger partial charge in [0.15, 0.2) is 0 Å². The molecule has 18 heavy (non-hydrogen) atoms. The first-order valence-corrected chi connectivity index (χ1v) is 7.32. The zero-order valence-electron chi connectivity index (χ0n) is 11.0. The van der Waals surface area contributed by atoms with Crippen molar-refractivity contribution < 1.29 is 4.79 Å². The molecular formula is C13H21N3OS. The van der Waals surface area contributed by atoms with Crippen molar-refractivity contribution in [2.45, 2.75) is 45.6 Å². The fourth-order valence-electron chi connectivity index (χ4n) is 2.56. The van der Waals surface area contributed by atoms with Crippen molar-refractivity contribution in [1.82, 2.24) is 10.3 Å². The van der Waals surface area contributed by atoms with E-state index in [1.54, 1.807) is 11.3 Å². The van der Waals surface area contributed by atoms with Crippen LogP contribution in [0.4, 0.5) is 0 Å². The van der Waals surface area contributed by atoms with Crippen LogP contribution in [-0.4, -0.2) is 17.4 Å². The van der Waals surface area contributed by atoms with Gasteiger partial charge in [-0.15, -0.1) is 11.3 Å². The summed E-state index contributed by atoms with van der Waals surface area (Å²) in [7, 11) is 0. The highest BCUT2D eigenvalue weighted by molar-refractivity contribution is 7.11. The van der Waals surface area contributed by atoms with Crippen molar-refractivity contribution >= 4 is 17.2 Å². The molecule has 5 heteroatoms. The monoisotopic (exact) mass is 267 g/mol. The van der Waals surface area contributed by atoms with E-state index in [1.807, 2.05) is 20.0 Å². The molecule has 1 heterocycles. The van der Waals surface area contributed by atoms with Gasteiger partial charge < -0.3 is 11.1 Å². The molecule has 1 amide bonds. The predicted molar refractivity (Wildman–Crippen MR) is 73.4 cm³/mol. The van der Waals surface area contributed by atoms with Gasteiger partial charge in [-0.2, -0.15) is 0 Å². The molecular weight excluding hydrogens is 246 g/mol. The molecule has 3 N–H and O–H groups in total. The Labute approximate surface area is 112 Å². The highest BCUT2D eigenvalue weighted by Gasteiger charge is 2.40. The van der Waals surface area contributed by atoms with Gasteiger partial charge in [-0.1, -0.05) is 12.8 Å². The van der Waals surface area contributed by atoms with Crippen LogP contribution in [-0.2, 0) is 4.79 Å². The van der Waals surface area contributed by atoms with Crippen LogP contribution in [0.25, 0.3) is 0 Å². The van der Waals surface area contributed by atoms with Crippen LogP contribution >= 0.6 is 11.3 Å². The number of amides is 1. The zero-order chi connectivity index (χ0) is 13.2. The van der Waals surface area contributed by atoms with E-state index < -0.39 is 0 Å². The summed E-state index contributed by atoms with van der Waals surface area (Å²) in [5.74, 6) is 0.0999. The van der Waals surface area contributed by atoms with Crippen LogP contribution < -0.4 is 11.1 Å². The maximum absolute atomic E-state index is 12.4. The average molecular weight is 267 g/mol. The molecule has 0 aromatic carbocycles. The molecule has 0 saturated heterocycles. The summed E-state index contributed by atoms with van der Waals surface area (Å²) < 4.78 is 0. The van der Waals surface area contributed by atoms with Gasteiger partial charge in [-0.25, -0.2) is 4.98 Å². The van der Waals surface area contributed by atoms with Gasteiger partial charge in [-0.3, -0.25) is 4.79 Å². The SMILES string of the molecule is Cc1cnc(C(C)NC(=O)C2(CN)CCCC2)s1. The third kappa shape index (κ3) is 2.57. The Morgan fingerprint density at radius 3 is 2.78 bits per heavy atom. The lowest BCUT2D eigenvalue weighted by atomic mass is 9.85. The van der Waals surface area contributed by atoms with Gasteiger partial charge in [0.2, 0.25) is 5.91 Å². The summed E-state index contributed by atoms with van der Waals surface area (Å²) in [6.45, 7) is 4.45. The number of aromatic nitrogens is 1. The summed E-state index contributed by atoms with van der Waals surface area (Å²) in [5, 5.41) is 4.04. The molecule has 1 aliphatic carbocycles. The fourth-order valence-corrected chi connectivity index (χ4v) is 3.34. The van der Waals surface area contributed by atoms with Gasteiger partial charge in [0.25, 0.3) is 0 Å². The van der Waals surface area contributed by atoms with E-state index in [1.165, 1.54) is 4.88 Å². The number of rotatable bonds is 4. The van der Waals surface area contributed by atoms with Gasteiger partial charge >= 0.3 is 0 Å². The van der Waals surface area contributed by atoms with Crippen LogP contribution in [0.2, 0.25) is 0 Å². The Hall–Kier alpha value is -0.940. The number of nitrogens with zero attached hydrogens (tertiary/aromatic N) is 1. The molecule has 1 atom stereocenters. The number of nitrogens with two attached hydrogens (primary N) is 1. The summed E-state index contributed by atoms with van der Waals surface area (Å²) in [4.78, 5) is 17.9. The van der Waals surface area contributed by atoms with Crippen LogP contribution in [0.5, 0.6) is 0 Å². The second-order valence-corrected chi connectivity index (χ2v) is 6.46. The van der Waals surface area contributed by atoms with E-state index in [9.17, 15) is 4.79 Å². The van der Waals surface area contributed by atoms with Crippen molar-refractivity contribution in [1.29, 1.82) is 0 Å². The van der Waals surface area contributed by atoms with E-state index >= 15 is 0 Å². The minimum Gasteiger partial charge on any atom is -0.347 e. The third-order valence-corrected chi connectivity index (χ3v) is 4.89. The number of hydrogen-bond donors (Lipinski definition) is 2. The van der Waals surface area contributed by atoms with Crippen LogP contribution in [0.15, 0.2) is 6.20 Å². The van der Waals surface area contributed by atoms with Crippen molar-refractivity contribution in [3.63, 3.8) is 0 Å². The molecule has 2 rings (SSSR count). The first kappa shape index (κ1) is 13.5. The van der Waals surface area contributed by atoms with E-state index in [4.69, 9.17) is 5.73 Å². The summed E-state index contributed by atoms with van der Waals surface area (Å²) >= 11 is 1.63. The van der Waals surface area contributed by atoms with Crippen molar-refractivity contribution in [3.8, 4) is 0 Å². The highest BCUT2D eigenvalue weighted by atomic mass is 32.1. The zero-order valence-corrected chi connectivity index (χ0v) is 11.8. The largest absolute Gasteiger partial charge is 0.347 e. The van der Waals surface area contributed by atoms with Crippen LogP contribution in [0, 0.1) is 12.3 Å². The number of carbonyl (C=O) groups excluding carboxylic acids is 1. The summed E-state index contributed by atoms with van der Waals surface area (Å²) in [5.41, 5.74) is 5.48. The molecule has 0 spiro atoms. The van der Waals surface area contributed by atoms with Crippen molar-refractivity contribution in [2.24, 2.45) is 11.1 Å². The Morgan fingerprint density at radius 1 is 1.61 bits per heavy atom. The molecule has 1 saturated carbocycles. The van der Waals surface area contributed by atoms with Crippen molar-refractivity contribution in [2.75, 3.05) is 6.54 Å². The number of hydrogen-bond acceptors (Lipinski definition) is 4. The van der Waals surface area contributed by atoms with E-state index in [-0.39, 0.29) is 17.4 Å². The molecule has 0 bridgehead atoms. The molecule has 1 aliphatic rings. The Bertz CT molecular complexity index is 424. The molecule has 1 unspecified atom stereocenters. The molecule has 4 nitrogen and oxygen atoms in total. The quantitative estimate of drug-likeness (QED) is 0.878. The second kappa shape index (κ2) is 5.36. The number of thiazole rings is 1. The topological polar surface area (TPSA) is 68.0 Å². The minimum absolute atomic E-state index is 0.0276. The molecule has 100 valence electrons. The fraction of sp³-hybridized carbons (Fsp3) is 0.692. The van der Waals surface area contributed by atoms with Gasteiger partial charge in [0, 0.05) is 17.6 Å². The van der Waals surface area contributed by atoms with E-state index in [0.29, 0.717) is 6.54 Å². The Morgan fingerprint density at radius 2 is 2.28 bits per heavy atom. The van der Waals surface area contributed by atoms with Gasteiger partial charge in [0.1, 0.15) is 5.01 Å². The van der Waals surface area contributed by atoms with Crippen LogP contribution in [0.3, 0.4) is 0 Å². The predicted octanol–water partition coefficient (Wildman–Crippen LogP) is 2.15. The molecule has 1 aromatic heterocycles. The average Bonchev–Trinajstić information content (AvgIpc) is 2.97. The minimum atomic E-state index is -0.333. The van der Waals surface area contributed by atoms with Gasteiger partial charge in [0.05, 0.1) is 11.5 Å². The van der Waals surface area contributed by atoms with Gasteiger partial charge in [-0.05, 0) is 26.7 Å². The summed E-state index contributed by atoms with van der Waals surface area (Å²) in [6, 6.07) is -0.0276. The van der Waals surface area contributed by atoms with Crippen molar-refractivity contribution in [3.05, 3.63) is 16.1 Å². The molecule has 0 radical (unpaired) electrons. The normalized spacial score (nSPS) is 19.7. The number of nitrogens with one attached hydrogen (secondary N) is 1. The molecule has 1 aromatic rings. The number of carbonyl (C=O) groups is 1. The Balaban J connectivity index is 2.02. The maximum Gasteiger partial charge on any atom is 0.228 e. The Kier molecular flexibility index (Phi) is 4.02. The molecule has 1 fully saturated rings. The first-order chi connectivity index (χ1) is 8.57. The van der Waals surface area contributed by atoms with Crippen LogP contribution in [0.1, 0.15) is 48.5 Å². The second-order valence-electron chi connectivity index (χ2n) is 5.20. The molecule has 0 aliphatic heterocycles. The lowest BCUT2D eigenvalue weighted by molar-refractivity contribution is -0.131. The lowest BCUT2D eigenvalue weighted by Crippen LogP contribution is -2.44. The third-order valence-electron chi connectivity index (χ3n) is 3.79. The lowest BCUT2D eigenvalue weighted by Gasteiger charge is -2.27. The van der Waals surface area contributed by atoms with E-state index in [0.717, 1.165) is 30.7 Å². The highest BCUT2D eigenvalue weighted by Crippen LogP contribution is 2.37.